The predicted molar refractivity (Wildman–Crippen MR) is 74.9 cm³/mol. The van der Waals surface area contributed by atoms with E-state index in [1.54, 1.807) is 0 Å². The molecule has 0 bridgehead atoms. The van der Waals surface area contributed by atoms with Crippen molar-refractivity contribution in [2.45, 2.75) is 21.0 Å². The molecule has 1 unspecified atom stereocenters. The predicted octanol–water partition coefficient (Wildman–Crippen LogP) is 3.84. The summed E-state index contributed by atoms with van der Waals surface area (Å²) in [5.41, 5.74) is 0. The number of ether oxygens (including phenoxy) is 1. The Kier molecular flexibility index (Phi) is 45.5. The van der Waals surface area contributed by atoms with Gasteiger partial charge in [-0.05, 0) is 0 Å². The highest BCUT2D eigenvalue weighted by Gasteiger charge is 1.98. The van der Waals surface area contributed by atoms with Crippen LogP contribution >= 0.6 is 60.4 Å². The van der Waals surface area contributed by atoms with Crippen LogP contribution in [0, 0.1) is 0 Å². The van der Waals surface area contributed by atoms with Crippen molar-refractivity contribution in [2.24, 2.45) is 0 Å². The van der Waals surface area contributed by atoms with Crippen LogP contribution in [-0.2, 0) is 4.74 Å². The van der Waals surface area contributed by atoms with Gasteiger partial charge in [0.1, 0.15) is 6.07 Å². The average Bonchev–Trinajstić information content (AvgIpc) is 2.04. The van der Waals surface area contributed by atoms with Crippen LogP contribution in [-0.4, -0.2) is 29.8 Å². The number of halogens is 4. The minimum Gasteiger partial charge on any atom is -0.389 e. The first-order valence-corrected chi connectivity index (χ1v) is 9.68. The third kappa shape index (κ3) is 22.7. The van der Waals surface area contributed by atoms with E-state index in [-0.39, 0.29) is 33.4 Å². The monoisotopic (exact) mass is 444 g/mol. The summed E-state index contributed by atoms with van der Waals surface area (Å²) in [4.78, 5) is 0. The minimum atomic E-state index is -0.588. The van der Waals surface area contributed by atoms with E-state index >= 15 is 0 Å². The van der Waals surface area contributed by atoms with Crippen molar-refractivity contribution in [1.82, 2.24) is 0 Å². The molecule has 2 nitrogen and oxygen atoms in total. The Morgan fingerprint density at radius 2 is 1.67 bits per heavy atom. The van der Waals surface area contributed by atoms with Crippen LogP contribution in [0.25, 0.3) is 0 Å². The fourth-order valence-electron chi connectivity index (χ4n) is 0.225. The summed E-state index contributed by atoms with van der Waals surface area (Å²) < 4.78 is 4.62. The summed E-state index contributed by atoms with van der Waals surface area (Å²) in [6.45, 7) is 0.215. The number of rotatable bonds is 4. The first-order chi connectivity index (χ1) is 4.81. The van der Waals surface area contributed by atoms with Crippen LogP contribution in [0.5, 0.6) is 0 Å². The summed E-state index contributed by atoms with van der Waals surface area (Å²) in [5.74, 6) is 0.191. The second kappa shape index (κ2) is 23.1. The highest BCUT2D eigenvalue weighted by atomic mass is 128. The van der Waals surface area contributed by atoms with Gasteiger partial charge in [0.25, 0.3) is 0 Å². The molecular weight excluding hydrogens is 429 g/mol. The van der Waals surface area contributed by atoms with Gasteiger partial charge in [0.05, 0.1) is 18.6 Å². The molecule has 0 amide bonds. The van der Waals surface area contributed by atoms with Gasteiger partial charge in [-0.3, -0.25) is 0 Å². The lowest BCUT2D eigenvalue weighted by Gasteiger charge is -2.03. The van der Waals surface area contributed by atoms with Crippen molar-refractivity contribution in [3.63, 3.8) is 0 Å². The molecule has 1 atom stereocenters. The van der Waals surface area contributed by atoms with Crippen LogP contribution in [0.3, 0.4) is 0 Å². The molecule has 0 aromatic rings. The molecule has 0 saturated heterocycles. The lowest BCUT2D eigenvalue weighted by molar-refractivity contribution is 0.0697. The maximum absolute atomic E-state index is 8.67. The van der Waals surface area contributed by atoms with E-state index in [1.165, 1.54) is 0 Å². The van der Waals surface area contributed by atoms with Crippen molar-refractivity contribution < 1.29 is 9.84 Å². The maximum Gasteiger partial charge on any atom is 0.120 e. The summed E-state index contributed by atoms with van der Waals surface area (Å²) in [7, 11) is 0. The Morgan fingerprint density at radius 3 is 1.92 bits per heavy atom. The van der Waals surface area contributed by atoms with E-state index in [2.05, 4.69) is 42.0 Å². The summed E-state index contributed by atoms with van der Waals surface area (Å²) in [6, 6.07) is 0.105. The maximum atomic E-state index is 8.67. The fraction of sp³-hybridized carbons (Fsp3) is 1.00. The minimum absolute atomic E-state index is 0. The summed E-state index contributed by atoms with van der Waals surface area (Å²) >= 11 is 14.6. The Morgan fingerprint density at radius 1 is 1.25 bits per heavy atom. The molecule has 12 heavy (non-hydrogen) atoms. The Balaban J connectivity index is -0.0000000740. The van der Waals surface area contributed by atoms with Gasteiger partial charge >= 0.3 is 0 Å². The van der Waals surface area contributed by atoms with Gasteiger partial charge in [-0.1, -0.05) is 26.5 Å². The number of alkyl halides is 2. The van der Waals surface area contributed by atoms with Gasteiger partial charge in [-0.25, -0.2) is 0 Å². The van der Waals surface area contributed by atoms with Gasteiger partial charge in [0.15, 0.2) is 0 Å². The van der Waals surface area contributed by atoms with E-state index in [9.17, 15) is 0 Å². The molecule has 0 aliphatic carbocycles. The Hall–Kier alpha value is 1.96. The molecule has 0 fully saturated rings. The van der Waals surface area contributed by atoms with Crippen LogP contribution < -0.4 is 0 Å². The fourth-order valence-corrected chi connectivity index (χ4v) is 0.403. The van der Waals surface area contributed by atoms with Gasteiger partial charge in [-0.15, -0.1) is 11.6 Å². The average molecular weight is 445 g/mol. The van der Waals surface area contributed by atoms with Gasteiger partial charge in [0, 0.05) is 37.2 Å². The van der Waals surface area contributed by atoms with Crippen LogP contribution in [0.4, 0.5) is 0 Å². The zero-order valence-electron chi connectivity index (χ0n) is 5.07. The van der Waals surface area contributed by atoms with Crippen molar-refractivity contribution in [2.75, 3.05) is 18.6 Å². The van der Waals surface area contributed by atoms with Crippen molar-refractivity contribution >= 4 is 60.4 Å². The molecule has 6 heteroatoms. The van der Waals surface area contributed by atoms with Crippen LogP contribution in [0.1, 0.15) is 14.9 Å². The van der Waals surface area contributed by atoms with E-state index < -0.39 is 6.10 Å². The smallest absolute Gasteiger partial charge is 0.120 e. The second-order valence-corrected chi connectivity index (χ2v) is 1.81. The summed E-state index contributed by atoms with van der Waals surface area (Å²) in [5, 5.41) is 8.67. The van der Waals surface area contributed by atoms with E-state index in [1.807, 2.05) is 0 Å². The number of aliphatic hydroxyl groups is 1. The third-order valence-corrected chi connectivity index (χ3v) is 1.08. The number of aliphatic hydroxyl groups excluding tert-OH is 1. The normalized spacial score (nSPS) is 9.75. The van der Waals surface area contributed by atoms with Crippen molar-refractivity contribution in [3.8, 4) is 0 Å². The molecule has 0 spiro atoms. The zero-order chi connectivity index (χ0) is 8.41. The first kappa shape index (κ1) is 23.6. The van der Waals surface area contributed by atoms with E-state index in [0.717, 1.165) is 0 Å². The molecule has 1 N–H and O–H groups in total. The first-order valence-electron chi connectivity index (χ1n) is 2.33. The Labute approximate surface area is 109 Å². The Bertz CT molecular complexity index is 60.8. The van der Waals surface area contributed by atoms with Crippen LogP contribution in [0.15, 0.2) is 0 Å². The molecule has 0 saturated carbocycles. The van der Waals surface area contributed by atoms with Crippen molar-refractivity contribution in [3.05, 3.63) is 0 Å². The number of hydrogen-bond acceptors (Lipinski definition) is 2. The lowest BCUT2D eigenvalue weighted by Crippen LogP contribution is -2.15. The summed E-state index contributed by atoms with van der Waals surface area (Å²) in [6.07, 6.45) is -0.588. The quantitative estimate of drug-likeness (QED) is 0.527. The van der Waals surface area contributed by atoms with Gasteiger partial charge in [-0.2, -0.15) is 0 Å². The topological polar surface area (TPSA) is 29.5 Å². The molecule has 80 valence electrons. The molecule has 0 heterocycles. The van der Waals surface area contributed by atoms with Gasteiger partial charge in [0.2, 0.25) is 0 Å². The molecule has 0 aliphatic rings. The molecule has 0 aromatic carbocycles. The number of hydrogen-bond donors (Lipinski definition) is 1. The van der Waals surface area contributed by atoms with Crippen LogP contribution in [0.2, 0.25) is 0 Å². The zero-order valence-corrected chi connectivity index (χ0v) is 10.9. The lowest BCUT2D eigenvalue weighted by atomic mass is 10.4. The highest BCUT2D eigenvalue weighted by molar-refractivity contribution is 15.0. The molecule has 0 aliphatic heterocycles. The van der Waals surface area contributed by atoms with E-state index in [0.29, 0.717) is 0 Å². The van der Waals surface area contributed by atoms with Crippen molar-refractivity contribution in [1.29, 1.82) is 0 Å². The molecule has 0 radical (unpaired) electrons. The standard InChI is InChI=1S/C4H8Cl2O2.2CH4.I2/c5-1-4(7)2-8-3-6;;;1-2/h4,7H,1-3H2;2*1H4;. The largest absolute Gasteiger partial charge is 0.389 e. The van der Waals surface area contributed by atoms with Gasteiger partial charge < -0.3 is 9.84 Å². The highest BCUT2D eigenvalue weighted by Crippen LogP contribution is 1.89. The van der Waals surface area contributed by atoms with E-state index in [4.69, 9.17) is 28.3 Å². The molecule has 0 aromatic heterocycles. The molecule has 0 rings (SSSR count). The molecular formula is C6H16Cl2I2O2. The third-order valence-electron chi connectivity index (χ3n) is 0.566. The second-order valence-electron chi connectivity index (χ2n) is 1.29. The SMILES string of the molecule is C.C.II.OC(CCl)COCCl.